The molecule has 1 heterocycles. The number of carbonyl (C=O) groups excluding carboxylic acids is 1. The second-order valence-electron chi connectivity index (χ2n) is 5.20. The van der Waals surface area contributed by atoms with Crippen molar-refractivity contribution in [1.29, 1.82) is 0 Å². The van der Waals surface area contributed by atoms with Crippen LogP contribution in [-0.2, 0) is 17.9 Å². The van der Waals surface area contributed by atoms with Crippen molar-refractivity contribution in [2.75, 3.05) is 13.6 Å². The zero-order chi connectivity index (χ0) is 15.1. The van der Waals surface area contributed by atoms with Gasteiger partial charge in [0.2, 0.25) is 5.91 Å². The van der Waals surface area contributed by atoms with E-state index in [4.69, 9.17) is 0 Å². The molecule has 112 valence electrons. The van der Waals surface area contributed by atoms with Gasteiger partial charge in [0, 0.05) is 31.4 Å². The molecule has 0 aliphatic heterocycles. The van der Waals surface area contributed by atoms with Gasteiger partial charge in [0.05, 0.1) is 6.54 Å². The molecule has 1 atom stereocenters. The molecule has 5 nitrogen and oxygen atoms in total. The topological polar surface area (TPSA) is 59.0 Å². The molecule has 0 bridgehead atoms. The minimum atomic E-state index is -0.0194. The zero-order valence-corrected chi connectivity index (χ0v) is 12.5. The van der Waals surface area contributed by atoms with E-state index in [0.29, 0.717) is 13.1 Å². The first kappa shape index (κ1) is 15.3. The fourth-order valence-electron chi connectivity index (χ4n) is 2.11. The third-order valence-electron chi connectivity index (χ3n) is 3.35. The average Bonchev–Trinajstić information content (AvgIpc) is 2.99. The Kier molecular flexibility index (Phi) is 5.51. The SMILES string of the molecule is CNCC(C)C(=O)NCc1ccc(Cn2cccn2)cc1. The highest BCUT2D eigenvalue weighted by Gasteiger charge is 2.10. The summed E-state index contributed by atoms with van der Waals surface area (Å²) in [6.45, 7) is 3.93. The molecule has 0 radical (unpaired) electrons. The van der Waals surface area contributed by atoms with E-state index in [1.165, 1.54) is 5.56 Å². The molecular weight excluding hydrogens is 264 g/mol. The van der Waals surface area contributed by atoms with E-state index < -0.39 is 0 Å². The molecule has 0 fully saturated rings. The van der Waals surface area contributed by atoms with Crippen molar-refractivity contribution in [2.45, 2.75) is 20.0 Å². The van der Waals surface area contributed by atoms with Crippen LogP contribution in [0.5, 0.6) is 0 Å². The van der Waals surface area contributed by atoms with Gasteiger partial charge in [0.15, 0.2) is 0 Å². The summed E-state index contributed by atoms with van der Waals surface area (Å²) in [6, 6.07) is 10.1. The largest absolute Gasteiger partial charge is 0.352 e. The van der Waals surface area contributed by atoms with Gasteiger partial charge in [0.1, 0.15) is 0 Å². The quantitative estimate of drug-likeness (QED) is 0.809. The van der Waals surface area contributed by atoms with Crippen molar-refractivity contribution in [3.63, 3.8) is 0 Å². The zero-order valence-electron chi connectivity index (χ0n) is 12.5. The fourth-order valence-corrected chi connectivity index (χ4v) is 2.11. The standard InChI is InChI=1S/C16H22N4O/c1-13(10-17-2)16(21)18-11-14-4-6-15(7-5-14)12-20-9-3-8-19-20/h3-9,13,17H,10-12H2,1-2H3,(H,18,21). The molecule has 1 aromatic carbocycles. The molecule has 0 spiro atoms. The molecule has 21 heavy (non-hydrogen) atoms. The van der Waals surface area contributed by atoms with Gasteiger partial charge in [-0.05, 0) is 24.2 Å². The van der Waals surface area contributed by atoms with Crippen LogP contribution in [0.25, 0.3) is 0 Å². The first-order valence-electron chi connectivity index (χ1n) is 7.16. The van der Waals surface area contributed by atoms with Crippen molar-refractivity contribution < 1.29 is 4.79 Å². The number of benzene rings is 1. The molecule has 5 heteroatoms. The normalized spacial score (nSPS) is 12.1. The summed E-state index contributed by atoms with van der Waals surface area (Å²) in [7, 11) is 1.85. The van der Waals surface area contributed by atoms with Crippen LogP contribution in [0.4, 0.5) is 0 Å². The van der Waals surface area contributed by atoms with E-state index in [1.807, 2.05) is 43.0 Å². The van der Waals surface area contributed by atoms with Crippen LogP contribution < -0.4 is 10.6 Å². The molecule has 0 aliphatic carbocycles. The minimum Gasteiger partial charge on any atom is -0.352 e. The molecule has 1 aromatic heterocycles. The van der Waals surface area contributed by atoms with E-state index in [0.717, 1.165) is 12.1 Å². The number of carbonyl (C=O) groups is 1. The molecule has 2 N–H and O–H groups in total. The van der Waals surface area contributed by atoms with Crippen LogP contribution in [0.2, 0.25) is 0 Å². The third kappa shape index (κ3) is 4.72. The van der Waals surface area contributed by atoms with Crippen LogP contribution in [0, 0.1) is 5.92 Å². The highest BCUT2D eigenvalue weighted by molar-refractivity contribution is 5.78. The maximum atomic E-state index is 11.8. The van der Waals surface area contributed by atoms with Gasteiger partial charge in [0.25, 0.3) is 0 Å². The van der Waals surface area contributed by atoms with Crippen LogP contribution >= 0.6 is 0 Å². The average molecular weight is 286 g/mol. The van der Waals surface area contributed by atoms with Crippen LogP contribution in [0.1, 0.15) is 18.1 Å². The lowest BCUT2D eigenvalue weighted by Crippen LogP contribution is -2.33. The Bertz CT molecular complexity index is 548. The minimum absolute atomic E-state index is 0.0194. The van der Waals surface area contributed by atoms with Crippen molar-refractivity contribution in [3.8, 4) is 0 Å². The highest BCUT2D eigenvalue weighted by Crippen LogP contribution is 2.06. The Labute approximate surface area is 125 Å². The Morgan fingerprint density at radius 3 is 2.62 bits per heavy atom. The number of aromatic nitrogens is 2. The Hall–Kier alpha value is -2.14. The van der Waals surface area contributed by atoms with Crippen molar-refractivity contribution in [1.82, 2.24) is 20.4 Å². The summed E-state index contributed by atoms with van der Waals surface area (Å²) in [5.74, 6) is 0.0547. The summed E-state index contributed by atoms with van der Waals surface area (Å²) in [5, 5.41) is 10.1. The van der Waals surface area contributed by atoms with Crippen LogP contribution in [0.15, 0.2) is 42.7 Å². The lowest BCUT2D eigenvalue weighted by molar-refractivity contribution is -0.124. The smallest absolute Gasteiger partial charge is 0.224 e. The monoisotopic (exact) mass is 286 g/mol. The lowest BCUT2D eigenvalue weighted by atomic mass is 10.1. The van der Waals surface area contributed by atoms with E-state index in [9.17, 15) is 4.79 Å². The van der Waals surface area contributed by atoms with Gasteiger partial charge >= 0.3 is 0 Å². The van der Waals surface area contributed by atoms with Crippen molar-refractivity contribution in [3.05, 3.63) is 53.9 Å². The number of hydrogen-bond acceptors (Lipinski definition) is 3. The van der Waals surface area contributed by atoms with E-state index in [-0.39, 0.29) is 11.8 Å². The summed E-state index contributed by atoms with van der Waals surface area (Å²) in [6.07, 6.45) is 3.72. The summed E-state index contributed by atoms with van der Waals surface area (Å²) >= 11 is 0. The second kappa shape index (κ2) is 7.59. The second-order valence-corrected chi connectivity index (χ2v) is 5.20. The van der Waals surface area contributed by atoms with Gasteiger partial charge in [-0.3, -0.25) is 9.48 Å². The predicted octanol–water partition coefficient (Wildman–Crippen LogP) is 1.40. The maximum absolute atomic E-state index is 11.8. The van der Waals surface area contributed by atoms with Crippen LogP contribution in [0.3, 0.4) is 0 Å². The maximum Gasteiger partial charge on any atom is 0.224 e. The van der Waals surface area contributed by atoms with Crippen molar-refractivity contribution in [2.24, 2.45) is 5.92 Å². The number of amides is 1. The van der Waals surface area contributed by atoms with Gasteiger partial charge in [-0.1, -0.05) is 31.2 Å². The van der Waals surface area contributed by atoms with E-state index >= 15 is 0 Å². The fraction of sp³-hybridized carbons (Fsp3) is 0.375. The molecular formula is C16H22N4O. The predicted molar refractivity (Wildman–Crippen MR) is 82.7 cm³/mol. The van der Waals surface area contributed by atoms with Crippen LogP contribution in [-0.4, -0.2) is 29.3 Å². The molecule has 0 saturated heterocycles. The van der Waals surface area contributed by atoms with Gasteiger partial charge in [-0.2, -0.15) is 5.10 Å². The van der Waals surface area contributed by atoms with E-state index in [2.05, 4.69) is 27.9 Å². The summed E-state index contributed by atoms with van der Waals surface area (Å²) < 4.78 is 1.89. The van der Waals surface area contributed by atoms with Gasteiger partial charge in [-0.25, -0.2) is 0 Å². The van der Waals surface area contributed by atoms with Gasteiger partial charge in [-0.15, -0.1) is 0 Å². The molecule has 2 rings (SSSR count). The third-order valence-corrected chi connectivity index (χ3v) is 3.35. The summed E-state index contributed by atoms with van der Waals surface area (Å²) in [4.78, 5) is 11.8. The molecule has 1 unspecified atom stereocenters. The first-order valence-corrected chi connectivity index (χ1v) is 7.16. The Morgan fingerprint density at radius 1 is 1.29 bits per heavy atom. The number of nitrogens with one attached hydrogen (secondary N) is 2. The first-order chi connectivity index (χ1) is 10.2. The van der Waals surface area contributed by atoms with Crippen molar-refractivity contribution >= 4 is 5.91 Å². The number of hydrogen-bond donors (Lipinski definition) is 2. The highest BCUT2D eigenvalue weighted by atomic mass is 16.1. The molecule has 0 saturated carbocycles. The number of rotatable bonds is 7. The molecule has 0 aliphatic rings. The molecule has 2 aromatic rings. The van der Waals surface area contributed by atoms with Gasteiger partial charge < -0.3 is 10.6 Å². The summed E-state index contributed by atoms with van der Waals surface area (Å²) in [5.41, 5.74) is 2.29. The van der Waals surface area contributed by atoms with E-state index in [1.54, 1.807) is 6.20 Å². The molecule has 1 amide bonds. The lowest BCUT2D eigenvalue weighted by Gasteiger charge is -2.12. The Morgan fingerprint density at radius 2 is 2.00 bits per heavy atom. The Balaban J connectivity index is 1.83. The number of nitrogens with zero attached hydrogens (tertiary/aromatic N) is 2.